The third kappa shape index (κ3) is 8.55. The second kappa shape index (κ2) is 18.9. The van der Waals surface area contributed by atoms with Crippen molar-refractivity contribution in [2.45, 2.75) is 101 Å². The maximum absolute atomic E-state index is 11.4. The Hall–Kier alpha value is -5.12. The van der Waals surface area contributed by atoms with E-state index in [1.54, 1.807) is 6.07 Å². The van der Waals surface area contributed by atoms with E-state index in [0.29, 0.717) is 87.7 Å². The second-order valence-corrected chi connectivity index (χ2v) is 19.5. The van der Waals surface area contributed by atoms with Crippen LogP contribution >= 0.6 is 0 Å². The Morgan fingerprint density at radius 1 is 0.985 bits per heavy atom. The van der Waals surface area contributed by atoms with Gasteiger partial charge in [-0.3, -0.25) is 5.32 Å². The summed E-state index contributed by atoms with van der Waals surface area (Å²) < 4.78 is 27.3. The molecule has 9 rings (SSSR count). The minimum Gasteiger partial charge on any atom is -0.507 e. The number of fused-ring (bicyclic) bond motifs is 8. The Morgan fingerprint density at radius 3 is 2.61 bits per heavy atom. The lowest BCUT2D eigenvalue weighted by Crippen LogP contribution is -2.56. The molecule has 13 nitrogen and oxygen atoms in total. The summed E-state index contributed by atoms with van der Waals surface area (Å²) in [6.07, 6.45) is 8.91. The number of phenolic OH excluding ortho intramolecular Hbond substituents is 2. The molecule has 0 bridgehead atoms. The van der Waals surface area contributed by atoms with Crippen molar-refractivity contribution in [3.63, 3.8) is 0 Å². The fourth-order valence-corrected chi connectivity index (χ4v) is 11.4. The minimum atomic E-state index is -1.05. The Kier molecular flexibility index (Phi) is 13.2. The van der Waals surface area contributed by atoms with Gasteiger partial charge < -0.3 is 60.1 Å². The number of phenols is 2. The summed E-state index contributed by atoms with van der Waals surface area (Å²) in [6.45, 7) is 7.22. The van der Waals surface area contributed by atoms with E-state index in [9.17, 15) is 25.5 Å². The molecule has 0 fully saturated rings. The lowest BCUT2D eigenvalue weighted by Gasteiger charge is -2.48. The average Bonchev–Trinajstić information content (AvgIpc) is 3.79. The first kappa shape index (κ1) is 46.0. The van der Waals surface area contributed by atoms with E-state index in [1.807, 2.05) is 38.4 Å². The van der Waals surface area contributed by atoms with Crippen molar-refractivity contribution in [2.75, 3.05) is 53.9 Å². The lowest BCUT2D eigenvalue weighted by molar-refractivity contribution is -0.129. The van der Waals surface area contributed by atoms with Crippen molar-refractivity contribution in [3.8, 4) is 39.9 Å². The highest BCUT2D eigenvalue weighted by Gasteiger charge is 2.51. The summed E-state index contributed by atoms with van der Waals surface area (Å²) in [7, 11) is 3.38. The molecule has 352 valence electrons. The summed E-state index contributed by atoms with van der Waals surface area (Å²) in [5.74, 6) is 2.27. The molecule has 66 heavy (non-hydrogen) atoms. The summed E-state index contributed by atoms with van der Waals surface area (Å²) in [6, 6.07) is 16.3. The van der Waals surface area contributed by atoms with Crippen LogP contribution in [0.3, 0.4) is 0 Å². The summed E-state index contributed by atoms with van der Waals surface area (Å²) in [4.78, 5) is 3.33. The Bertz CT molecular complexity index is 2600. The number of allylic oxidation sites excluding steroid dienone is 1. The highest BCUT2D eigenvalue weighted by atomic mass is 16.6. The van der Waals surface area contributed by atoms with Gasteiger partial charge in [0.15, 0.2) is 17.6 Å². The molecule has 13 heteroatoms. The fraction of sp³-hybridized carbons (Fsp3) is 0.472. The zero-order valence-electron chi connectivity index (χ0n) is 38.8. The van der Waals surface area contributed by atoms with Gasteiger partial charge in [0, 0.05) is 72.7 Å². The Labute approximate surface area is 387 Å². The molecule has 4 aromatic carbocycles. The average molecular weight is 903 g/mol. The molecular weight excluding hydrogens is 837 g/mol. The van der Waals surface area contributed by atoms with Crippen LogP contribution in [0.2, 0.25) is 0 Å². The monoisotopic (exact) mass is 902 g/mol. The predicted molar refractivity (Wildman–Crippen MR) is 256 cm³/mol. The number of nitrogens with one attached hydrogen (secondary N) is 4. The summed E-state index contributed by atoms with van der Waals surface area (Å²) in [5, 5.41) is 65.8. The van der Waals surface area contributed by atoms with Gasteiger partial charge in [0.25, 0.3) is 0 Å². The normalized spacial score (nSPS) is 22.5. The number of hydrogen-bond donors (Lipinski definition) is 9. The van der Waals surface area contributed by atoms with E-state index in [2.05, 4.69) is 71.2 Å². The van der Waals surface area contributed by atoms with Gasteiger partial charge in [-0.2, -0.15) is 0 Å². The molecule has 1 aromatic heterocycles. The molecule has 9 N–H and O–H groups in total. The van der Waals surface area contributed by atoms with E-state index in [1.165, 1.54) is 12.7 Å². The van der Waals surface area contributed by atoms with E-state index in [4.69, 9.17) is 18.9 Å². The van der Waals surface area contributed by atoms with Gasteiger partial charge in [-0.1, -0.05) is 38.1 Å². The Balaban J connectivity index is 1.22. The van der Waals surface area contributed by atoms with Crippen LogP contribution in [0.1, 0.15) is 102 Å². The van der Waals surface area contributed by atoms with Gasteiger partial charge in [-0.25, -0.2) is 0 Å². The second-order valence-electron chi connectivity index (χ2n) is 19.5. The van der Waals surface area contributed by atoms with Crippen LogP contribution in [0, 0.1) is 5.92 Å². The zero-order valence-corrected chi connectivity index (χ0v) is 38.8. The van der Waals surface area contributed by atoms with Gasteiger partial charge in [-0.05, 0) is 139 Å². The van der Waals surface area contributed by atoms with Gasteiger partial charge in [-0.15, -0.1) is 0 Å². The van der Waals surface area contributed by atoms with Crippen molar-refractivity contribution < 1.29 is 44.5 Å². The molecule has 6 unspecified atom stereocenters. The summed E-state index contributed by atoms with van der Waals surface area (Å²) >= 11 is 0. The van der Waals surface area contributed by atoms with Crippen LogP contribution in [0.15, 0.2) is 60.8 Å². The van der Waals surface area contributed by atoms with Gasteiger partial charge >= 0.3 is 0 Å². The highest BCUT2D eigenvalue weighted by Crippen LogP contribution is 2.60. The van der Waals surface area contributed by atoms with Crippen LogP contribution in [-0.4, -0.2) is 102 Å². The Morgan fingerprint density at radius 2 is 1.83 bits per heavy atom. The third-order valence-corrected chi connectivity index (χ3v) is 14.1. The first-order chi connectivity index (χ1) is 31.9. The molecular formula is C53H66N4O9. The maximum atomic E-state index is 11.4. The lowest BCUT2D eigenvalue weighted by atomic mass is 9.64. The van der Waals surface area contributed by atoms with Crippen LogP contribution < -0.4 is 30.2 Å². The third-order valence-electron chi connectivity index (χ3n) is 14.1. The zero-order chi connectivity index (χ0) is 46.3. The number of H-pyrrole nitrogens is 1. The number of hydrogen-bond acceptors (Lipinski definition) is 12. The molecule has 2 aliphatic carbocycles. The van der Waals surface area contributed by atoms with Gasteiger partial charge in [0.05, 0.1) is 26.0 Å². The minimum absolute atomic E-state index is 0.00621. The number of aromatic amines is 1. The largest absolute Gasteiger partial charge is 0.507 e. The molecule has 6 atom stereocenters. The number of benzene rings is 4. The standard InChI is InChI=1S/C53H66N4O9/c1-30(2)23-52(3,62)26-55-28-56-27-53(64-29-54-4)24-42-41-22-40-36(31-8-14-43-32(19-31)16-17-57-43)11-12-37-44(60)15-13-38(46(37)40)47(41)50-39(10-9-35(25-59)65-50)49(42)66-51(53)34-20-33(7-6-18-58)48(61)45(21-34)63-5/h8,11-17,19-21,30,35-36,40,51,54-62H,6-7,9-10,18,22-29H2,1-5H3. The quantitative estimate of drug-likeness (QED) is 0.0329. The molecule has 0 amide bonds. The van der Waals surface area contributed by atoms with Gasteiger partial charge in [0.1, 0.15) is 29.0 Å². The van der Waals surface area contributed by atoms with E-state index >= 15 is 0 Å². The van der Waals surface area contributed by atoms with Crippen molar-refractivity contribution in [1.82, 2.24) is 20.9 Å². The SMILES string of the molecule is CNCOC1(CNCNCC(C)(O)CC(C)C)Cc2c3c(c4c(c2OC1c1cc(CCCO)c(O)c(OC)c1)CCC(CO)O4)-c1ccc(O)c2c1C(C3)C(c1ccc3[nH]ccc3c1)C=C2. The van der Waals surface area contributed by atoms with Gasteiger partial charge in [0.2, 0.25) is 0 Å². The first-order valence-corrected chi connectivity index (χ1v) is 23.6. The highest BCUT2D eigenvalue weighted by molar-refractivity contribution is 5.89. The molecule has 0 radical (unpaired) electrons. The van der Waals surface area contributed by atoms with E-state index in [-0.39, 0.29) is 43.3 Å². The van der Waals surface area contributed by atoms with Crippen LogP contribution in [0.5, 0.6) is 28.7 Å². The number of aliphatic hydroxyl groups is 3. The van der Waals surface area contributed by atoms with Crippen LogP contribution in [0.25, 0.3) is 28.1 Å². The predicted octanol–water partition coefficient (Wildman–Crippen LogP) is 6.86. The van der Waals surface area contributed by atoms with Crippen molar-refractivity contribution in [1.29, 1.82) is 0 Å². The number of aromatic nitrogens is 1. The molecule has 0 saturated heterocycles. The molecule has 0 spiro atoms. The van der Waals surface area contributed by atoms with Crippen LogP contribution in [0.4, 0.5) is 0 Å². The molecule has 2 aliphatic heterocycles. The summed E-state index contributed by atoms with van der Waals surface area (Å²) in [5.41, 5.74) is 8.59. The molecule has 5 aromatic rings. The molecule has 4 aliphatic rings. The van der Waals surface area contributed by atoms with Crippen molar-refractivity contribution >= 4 is 17.0 Å². The number of aliphatic hydroxyl groups excluding tert-OH is 2. The fourth-order valence-electron chi connectivity index (χ4n) is 11.4. The van der Waals surface area contributed by atoms with Crippen LogP contribution in [-0.2, 0) is 30.4 Å². The molecule has 0 saturated carbocycles. The number of aryl methyl sites for hydroxylation is 1. The van der Waals surface area contributed by atoms with Crippen molar-refractivity contribution in [2.24, 2.45) is 5.92 Å². The number of methoxy groups -OCH3 is 1. The van der Waals surface area contributed by atoms with E-state index in [0.717, 1.165) is 61.2 Å². The maximum Gasteiger partial charge on any atom is 0.161 e. The van der Waals surface area contributed by atoms with E-state index < -0.39 is 23.4 Å². The number of rotatable bonds is 18. The number of aromatic hydroxyl groups is 2. The first-order valence-electron chi connectivity index (χ1n) is 23.6. The smallest absolute Gasteiger partial charge is 0.161 e. The van der Waals surface area contributed by atoms with Crippen molar-refractivity contribution in [3.05, 3.63) is 105 Å². The number of ether oxygens (including phenoxy) is 4. The molecule has 3 heterocycles. The topological polar surface area (TPSA) is 190 Å².